The van der Waals surface area contributed by atoms with Gasteiger partial charge >= 0.3 is 0 Å². The second-order valence-corrected chi connectivity index (χ2v) is 4.02. The molecule has 1 aromatic carbocycles. The summed E-state index contributed by atoms with van der Waals surface area (Å²) in [6.07, 6.45) is 2.32. The Labute approximate surface area is 96.3 Å². The Morgan fingerprint density at radius 3 is 2.81 bits per heavy atom. The van der Waals surface area contributed by atoms with Crippen LogP contribution in [-0.2, 0) is 6.54 Å². The van der Waals surface area contributed by atoms with Crippen molar-refractivity contribution in [1.82, 2.24) is 4.90 Å². The number of rotatable bonds is 5. The summed E-state index contributed by atoms with van der Waals surface area (Å²) in [6.45, 7) is 3.93. The van der Waals surface area contributed by atoms with Crippen LogP contribution in [0.15, 0.2) is 18.2 Å². The van der Waals surface area contributed by atoms with Gasteiger partial charge in [0, 0.05) is 6.54 Å². The van der Waals surface area contributed by atoms with E-state index in [2.05, 4.69) is 11.8 Å². The van der Waals surface area contributed by atoms with Crippen molar-refractivity contribution in [2.45, 2.75) is 26.3 Å². The Morgan fingerprint density at radius 1 is 1.44 bits per heavy atom. The lowest BCUT2D eigenvalue weighted by Gasteiger charge is -2.16. The molecule has 0 heterocycles. The number of benzene rings is 1. The summed E-state index contributed by atoms with van der Waals surface area (Å²) in [6, 6.07) is 6.58. The average Bonchev–Trinajstić information content (AvgIpc) is 2.29. The molecule has 0 amide bonds. The molecule has 0 saturated heterocycles. The van der Waals surface area contributed by atoms with Crippen molar-refractivity contribution >= 4 is 0 Å². The molecule has 0 fully saturated rings. The van der Waals surface area contributed by atoms with Crippen molar-refractivity contribution in [3.63, 3.8) is 0 Å². The first-order chi connectivity index (χ1) is 7.67. The van der Waals surface area contributed by atoms with E-state index in [1.807, 2.05) is 13.1 Å². The summed E-state index contributed by atoms with van der Waals surface area (Å²) in [5.41, 5.74) is 1.11. The monoisotopic (exact) mass is 220 g/mol. The molecule has 1 rings (SSSR count). The van der Waals surface area contributed by atoms with E-state index in [0.717, 1.165) is 31.5 Å². The summed E-state index contributed by atoms with van der Waals surface area (Å²) < 4.78 is 13.1. The Bertz CT molecular complexity index is 382. The van der Waals surface area contributed by atoms with Crippen LogP contribution in [-0.4, -0.2) is 18.5 Å². The molecule has 0 bridgehead atoms. The molecular formula is C13H17FN2. The third-order valence-corrected chi connectivity index (χ3v) is 2.50. The molecule has 0 atom stereocenters. The zero-order valence-corrected chi connectivity index (χ0v) is 9.83. The Balaban J connectivity index is 2.64. The van der Waals surface area contributed by atoms with Gasteiger partial charge in [-0.25, -0.2) is 4.39 Å². The van der Waals surface area contributed by atoms with E-state index in [4.69, 9.17) is 5.26 Å². The summed E-state index contributed by atoms with van der Waals surface area (Å²) >= 11 is 0. The van der Waals surface area contributed by atoms with E-state index >= 15 is 0 Å². The van der Waals surface area contributed by atoms with Crippen LogP contribution in [0.4, 0.5) is 4.39 Å². The number of nitrogens with zero attached hydrogens (tertiary/aromatic N) is 2. The molecule has 0 saturated carbocycles. The zero-order valence-electron chi connectivity index (χ0n) is 9.83. The number of halogens is 1. The van der Waals surface area contributed by atoms with Gasteiger partial charge in [0.05, 0.1) is 5.56 Å². The van der Waals surface area contributed by atoms with Gasteiger partial charge in [0.15, 0.2) is 0 Å². The zero-order chi connectivity index (χ0) is 12.0. The lowest BCUT2D eigenvalue weighted by molar-refractivity contribution is 0.320. The van der Waals surface area contributed by atoms with Crippen LogP contribution in [0.1, 0.15) is 30.9 Å². The lowest BCUT2D eigenvalue weighted by Crippen LogP contribution is -2.19. The second-order valence-electron chi connectivity index (χ2n) is 4.02. The molecule has 2 nitrogen and oxygen atoms in total. The van der Waals surface area contributed by atoms with Crippen LogP contribution in [0.5, 0.6) is 0 Å². The van der Waals surface area contributed by atoms with Crippen LogP contribution in [0, 0.1) is 17.1 Å². The van der Waals surface area contributed by atoms with Crippen molar-refractivity contribution in [3.8, 4) is 6.07 Å². The normalized spacial score (nSPS) is 10.4. The lowest BCUT2D eigenvalue weighted by atomic mass is 10.1. The number of unbranched alkanes of at least 4 members (excludes halogenated alkanes) is 1. The Morgan fingerprint density at radius 2 is 2.19 bits per heavy atom. The van der Waals surface area contributed by atoms with Gasteiger partial charge in [0.2, 0.25) is 0 Å². The maximum atomic E-state index is 13.1. The fourth-order valence-corrected chi connectivity index (χ4v) is 1.58. The van der Waals surface area contributed by atoms with Gasteiger partial charge in [-0.15, -0.1) is 0 Å². The van der Waals surface area contributed by atoms with E-state index in [1.54, 1.807) is 12.1 Å². The fourth-order valence-electron chi connectivity index (χ4n) is 1.58. The third-order valence-electron chi connectivity index (χ3n) is 2.50. The minimum atomic E-state index is -0.442. The molecule has 1 aromatic rings. The third kappa shape index (κ3) is 3.63. The Hall–Kier alpha value is -1.40. The van der Waals surface area contributed by atoms with E-state index in [0.29, 0.717) is 0 Å². The van der Waals surface area contributed by atoms with Gasteiger partial charge in [0.1, 0.15) is 11.9 Å². The predicted molar refractivity (Wildman–Crippen MR) is 62.4 cm³/mol. The molecule has 0 N–H and O–H groups in total. The van der Waals surface area contributed by atoms with Crippen LogP contribution >= 0.6 is 0 Å². The van der Waals surface area contributed by atoms with Crippen molar-refractivity contribution in [2.24, 2.45) is 0 Å². The maximum Gasteiger partial charge on any atom is 0.140 e. The van der Waals surface area contributed by atoms with Gasteiger partial charge < -0.3 is 4.90 Å². The summed E-state index contributed by atoms with van der Waals surface area (Å²) in [4.78, 5) is 2.18. The molecule has 0 aliphatic rings. The molecule has 86 valence electrons. The minimum Gasteiger partial charge on any atom is -0.302 e. The van der Waals surface area contributed by atoms with Crippen LogP contribution in [0.2, 0.25) is 0 Å². The first kappa shape index (κ1) is 12.7. The molecule has 0 unspecified atom stereocenters. The largest absolute Gasteiger partial charge is 0.302 e. The Kier molecular flexibility index (Phi) is 4.94. The maximum absolute atomic E-state index is 13.1. The summed E-state index contributed by atoms with van der Waals surface area (Å²) in [5.74, 6) is -0.442. The number of hydrogen-bond donors (Lipinski definition) is 0. The van der Waals surface area contributed by atoms with Gasteiger partial charge in [-0.1, -0.05) is 19.4 Å². The van der Waals surface area contributed by atoms with Crippen molar-refractivity contribution in [3.05, 3.63) is 35.1 Å². The fraction of sp³-hybridized carbons (Fsp3) is 0.462. The van der Waals surface area contributed by atoms with Crippen molar-refractivity contribution in [1.29, 1.82) is 5.26 Å². The van der Waals surface area contributed by atoms with Gasteiger partial charge in [0.25, 0.3) is 0 Å². The number of hydrogen-bond acceptors (Lipinski definition) is 2. The van der Waals surface area contributed by atoms with Gasteiger partial charge in [-0.05, 0) is 37.7 Å². The van der Waals surface area contributed by atoms with Crippen LogP contribution in [0.25, 0.3) is 0 Å². The first-order valence-electron chi connectivity index (χ1n) is 5.54. The van der Waals surface area contributed by atoms with E-state index in [-0.39, 0.29) is 5.56 Å². The highest BCUT2D eigenvalue weighted by Crippen LogP contribution is 2.11. The van der Waals surface area contributed by atoms with E-state index in [9.17, 15) is 4.39 Å². The molecule has 0 aliphatic heterocycles. The average molecular weight is 220 g/mol. The van der Waals surface area contributed by atoms with Crippen molar-refractivity contribution in [2.75, 3.05) is 13.6 Å². The topological polar surface area (TPSA) is 27.0 Å². The van der Waals surface area contributed by atoms with Crippen LogP contribution < -0.4 is 0 Å². The molecule has 0 aliphatic carbocycles. The highest BCUT2D eigenvalue weighted by molar-refractivity contribution is 5.34. The smallest absolute Gasteiger partial charge is 0.140 e. The summed E-state index contributed by atoms with van der Waals surface area (Å²) in [5, 5.41) is 8.71. The van der Waals surface area contributed by atoms with E-state index in [1.165, 1.54) is 6.07 Å². The predicted octanol–water partition coefficient (Wildman–Crippen LogP) is 2.93. The SMILES string of the molecule is CCCCN(C)Cc1ccc(F)c(C#N)c1. The summed E-state index contributed by atoms with van der Waals surface area (Å²) in [7, 11) is 2.03. The van der Waals surface area contributed by atoms with Crippen molar-refractivity contribution < 1.29 is 4.39 Å². The quantitative estimate of drug-likeness (QED) is 0.762. The minimum absolute atomic E-state index is 0.126. The number of nitriles is 1. The standard InChI is InChI=1S/C13H17FN2/c1-3-4-7-16(2)10-11-5-6-13(14)12(8-11)9-15/h5-6,8H,3-4,7,10H2,1-2H3. The molecular weight excluding hydrogens is 203 g/mol. The van der Waals surface area contributed by atoms with E-state index < -0.39 is 5.82 Å². The van der Waals surface area contributed by atoms with Gasteiger partial charge in [-0.2, -0.15) is 5.26 Å². The highest BCUT2D eigenvalue weighted by atomic mass is 19.1. The molecule has 0 spiro atoms. The molecule has 0 radical (unpaired) electrons. The first-order valence-corrected chi connectivity index (χ1v) is 5.54. The molecule has 0 aromatic heterocycles. The molecule has 3 heteroatoms. The second kappa shape index (κ2) is 6.24. The molecule has 16 heavy (non-hydrogen) atoms. The highest BCUT2D eigenvalue weighted by Gasteiger charge is 2.04. The van der Waals surface area contributed by atoms with Gasteiger partial charge in [-0.3, -0.25) is 0 Å². The van der Waals surface area contributed by atoms with Crippen LogP contribution in [0.3, 0.4) is 0 Å².